The fourth-order valence-electron chi connectivity index (χ4n) is 3.25. The third kappa shape index (κ3) is 1.41. The number of fused-ring (bicyclic) bond motifs is 2. The molecule has 1 saturated carbocycles. The van der Waals surface area contributed by atoms with E-state index in [9.17, 15) is 4.79 Å². The van der Waals surface area contributed by atoms with Gasteiger partial charge in [0.25, 0.3) is 0 Å². The molecule has 1 aliphatic carbocycles. The van der Waals surface area contributed by atoms with Crippen LogP contribution in [0, 0.1) is 0 Å². The normalized spacial score (nSPS) is 27.2. The molecular weight excluding hydrogens is 258 g/mol. The lowest BCUT2D eigenvalue weighted by atomic mass is 9.92. The van der Waals surface area contributed by atoms with E-state index in [1.807, 2.05) is 42.5 Å². The SMILES string of the molecule is O=C1Nc2ccccc2[C@@]12C[C@@H]2c1ccc(Cl)cc1. The molecule has 1 N–H and O–H groups in total. The zero-order valence-electron chi connectivity index (χ0n) is 10.2. The molecule has 3 heteroatoms. The van der Waals surface area contributed by atoms with Gasteiger partial charge in [-0.05, 0) is 35.7 Å². The zero-order chi connectivity index (χ0) is 13.0. The van der Waals surface area contributed by atoms with Crippen molar-refractivity contribution in [3.05, 3.63) is 64.7 Å². The Morgan fingerprint density at radius 1 is 1.11 bits per heavy atom. The minimum Gasteiger partial charge on any atom is -0.325 e. The van der Waals surface area contributed by atoms with Crippen LogP contribution >= 0.6 is 11.6 Å². The van der Waals surface area contributed by atoms with Crippen LogP contribution < -0.4 is 5.32 Å². The highest BCUT2D eigenvalue weighted by Gasteiger charge is 2.64. The van der Waals surface area contributed by atoms with E-state index in [0.717, 1.165) is 22.7 Å². The van der Waals surface area contributed by atoms with Crippen molar-refractivity contribution in [3.63, 3.8) is 0 Å². The Morgan fingerprint density at radius 3 is 2.63 bits per heavy atom. The van der Waals surface area contributed by atoms with E-state index in [0.29, 0.717) is 0 Å². The molecule has 94 valence electrons. The van der Waals surface area contributed by atoms with Crippen LogP contribution in [0.2, 0.25) is 5.02 Å². The molecule has 0 aromatic heterocycles. The molecule has 0 radical (unpaired) electrons. The molecule has 0 bridgehead atoms. The van der Waals surface area contributed by atoms with Crippen LogP contribution in [-0.2, 0) is 10.2 Å². The fraction of sp³-hybridized carbons (Fsp3) is 0.188. The predicted octanol–water partition coefficient (Wildman–Crippen LogP) is 3.72. The third-order valence-corrected chi connectivity index (χ3v) is 4.55. The number of halogens is 1. The fourth-order valence-corrected chi connectivity index (χ4v) is 3.37. The van der Waals surface area contributed by atoms with Crippen LogP contribution in [0.4, 0.5) is 5.69 Å². The average Bonchev–Trinajstić information content (AvgIpc) is 3.10. The quantitative estimate of drug-likeness (QED) is 0.840. The number of carbonyl (C=O) groups is 1. The van der Waals surface area contributed by atoms with Crippen LogP contribution in [0.5, 0.6) is 0 Å². The predicted molar refractivity (Wildman–Crippen MR) is 75.6 cm³/mol. The van der Waals surface area contributed by atoms with E-state index in [1.54, 1.807) is 0 Å². The Bertz CT molecular complexity index is 679. The molecule has 0 unspecified atom stereocenters. The standard InChI is InChI=1S/C16H12ClNO/c17-11-7-5-10(6-8-11)13-9-16(13)12-3-1-2-4-14(12)18-15(16)19/h1-8,13H,9H2,(H,18,19)/t13-,16-/m1/s1. The minimum absolute atomic E-state index is 0.133. The first-order chi connectivity index (χ1) is 9.22. The van der Waals surface area contributed by atoms with Crippen molar-refractivity contribution in [2.24, 2.45) is 0 Å². The van der Waals surface area contributed by atoms with Crippen molar-refractivity contribution in [2.45, 2.75) is 17.8 Å². The summed E-state index contributed by atoms with van der Waals surface area (Å²) in [7, 11) is 0. The van der Waals surface area contributed by atoms with Crippen molar-refractivity contribution in [2.75, 3.05) is 5.32 Å². The van der Waals surface area contributed by atoms with Crippen molar-refractivity contribution < 1.29 is 4.79 Å². The number of benzene rings is 2. The molecule has 19 heavy (non-hydrogen) atoms. The maximum atomic E-state index is 12.3. The van der Waals surface area contributed by atoms with E-state index in [1.165, 1.54) is 5.56 Å². The lowest BCUT2D eigenvalue weighted by molar-refractivity contribution is -0.118. The van der Waals surface area contributed by atoms with Gasteiger partial charge in [-0.1, -0.05) is 41.9 Å². The van der Waals surface area contributed by atoms with E-state index in [2.05, 4.69) is 11.4 Å². The lowest BCUT2D eigenvalue weighted by Gasteiger charge is -2.08. The van der Waals surface area contributed by atoms with Crippen LogP contribution in [-0.4, -0.2) is 5.91 Å². The van der Waals surface area contributed by atoms with E-state index < -0.39 is 0 Å². The van der Waals surface area contributed by atoms with Gasteiger partial charge < -0.3 is 5.32 Å². The summed E-state index contributed by atoms with van der Waals surface area (Å²) in [4.78, 5) is 12.3. The molecule has 4 rings (SSSR count). The summed E-state index contributed by atoms with van der Waals surface area (Å²) < 4.78 is 0. The highest BCUT2D eigenvalue weighted by atomic mass is 35.5. The number of nitrogens with one attached hydrogen (secondary N) is 1. The summed E-state index contributed by atoms with van der Waals surface area (Å²) >= 11 is 5.92. The van der Waals surface area contributed by atoms with Crippen LogP contribution in [0.1, 0.15) is 23.5 Å². The summed E-state index contributed by atoms with van der Waals surface area (Å²) in [6.45, 7) is 0. The number of amides is 1. The Hall–Kier alpha value is -1.80. The summed E-state index contributed by atoms with van der Waals surface area (Å²) in [5, 5.41) is 3.73. The number of hydrogen-bond donors (Lipinski definition) is 1. The molecule has 1 aliphatic heterocycles. The molecule has 1 heterocycles. The van der Waals surface area contributed by atoms with Crippen molar-refractivity contribution in [1.82, 2.24) is 0 Å². The van der Waals surface area contributed by atoms with Gasteiger partial charge in [0.2, 0.25) is 5.91 Å². The minimum atomic E-state index is -0.343. The van der Waals surface area contributed by atoms with Gasteiger partial charge in [0.15, 0.2) is 0 Å². The summed E-state index contributed by atoms with van der Waals surface area (Å²) in [6, 6.07) is 15.8. The largest absolute Gasteiger partial charge is 0.325 e. The molecule has 2 aromatic rings. The van der Waals surface area contributed by atoms with Gasteiger partial charge >= 0.3 is 0 Å². The molecule has 1 amide bonds. The average molecular weight is 270 g/mol. The van der Waals surface area contributed by atoms with Gasteiger partial charge in [-0.2, -0.15) is 0 Å². The second kappa shape index (κ2) is 3.61. The molecule has 0 saturated heterocycles. The molecule has 2 aliphatic rings. The van der Waals surface area contributed by atoms with Crippen LogP contribution in [0.3, 0.4) is 0 Å². The second-order valence-corrected chi connectivity index (χ2v) is 5.72. The molecule has 2 aromatic carbocycles. The number of hydrogen-bond acceptors (Lipinski definition) is 1. The smallest absolute Gasteiger partial charge is 0.235 e. The van der Waals surface area contributed by atoms with Crippen LogP contribution in [0.15, 0.2) is 48.5 Å². The lowest BCUT2D eigenvalue weighted by Crippen LogP contribution is -2.20. The first-order valence-corrected chi connectivity index (χ1v) is 6.76. The highest BCUT2D eigenvalue weighted by Crippen LogP contribution is 2.64. The Labute approximate surface area is 116 Å². The van der Waals surface area contributed by atoms with Crippen molar-refractivity contribution in [3.8, 4) is 0 Å². The number of anilines is 1. The van der Waals surface area contributed by atoms with Gasteiger partial charge in [-0.3, -0.25) is 4.79 Å². The van der Waals surface area contributed by atoms with E-state index >= 15 is 0 Å². The monoisotopic (exact) mass is 269 g/mol. The van der Waals surface area contributed by atoms with E-state index in [4.69, 9.17) is 11.6 Å². The van der Waals surface area contributed by atoms with Crippen LogP contribution in [0.25, 0.3) is 0 Å². The molecule has 2 atom stereocenters. The summed E-state index contributed by atoms with van der Waals surface area (Å²) in [6.07, 6.45) is 0.886. The maximum Gasteiger partial charge on any atom is 0.235 e. The van der Waals surface area contributed by atoms with Crippen molar-refractivity contribution >= 4 is 23.2 Å². The van der Waals surface area contributed by atoms with E-state index in [-0.39, 0.29) is 17.2 Å². The topological polar surface area (TPSA) is 29.1 Å². The van der Waals surface area contributed by atoms with Gasteiger partial charge in [0, 0.05) is 16.6 Å². The number of para-hydroxylation sites is 1. The Balaban J connectivity index is 1.78. The molecular formula is C16H12ClNO. The highest BCUT2D eigenvalue weighted by molar-refractivity contribution is 6.30. The summed E-state index contributed by atoms with van der Waals surface area (Å²) in [5.74, 6) is 0.405. The van der Waals surface area contributed by atoms with Gasteiger partial charge in [-0.15, -0.1) is 0 Å². The van der Waals surface area contributed by atoms with Gasteiger partial charge in [-0.25, -0.2) is 0 Å². The zero-order valence-corrected chi connectivity index (χ0v) is 10.9. The number of rotatable bonds is 1. The van der Waals surface area contributed by atoms with Gasteiger partial charge in [0.1, 0.15) is 0 Å². The Kier molecular flexibility index (Phi) is 2.10. The maximum absolute atomic E-state index is 12.3. The van der Waals surface area contributed by atoms with Crippen molar-refractivity contribution in [1.29, 1.82) is 0 Å². The molecule has 1 spiro atoms. The first-order valence-electron chi connectivity index (χ1n) is 6.38. The molecule has 1 fully saturated rings. The van der Waals surface area contributed by atoms with Gasteiger partial charge in [0.05, 0.1) is 5.41 Å². The second-order valence-electron chi connectivity index (χ2n) is 5.28. The molecule has 2 nitrogen and oxygen atoms in total. The Morgan fingerprint density at radius 2 is 1.84 bits per heavy atom. The number of carbonyl (C=O) groups excluding carboxylic acids is 1. The third-order valence-electron chi connectivity index (χ3n) is 4.29. The summed E-state index contributed by atoms with van der Waals surface area (Å²) in [5.41, 5.74) is 2.95. The first kappa shape index (κ1) is 11.1.